The molecule has 162 valence electrons. The highest BCUT2D eigenvalue weighted by Crippen LogP contribution is 2.35. The van der Waals surface area contributed by atoms with E-state index in [1.165, 1.54) is 16.8 Å². The number of nitrogens with zero attached hydrogens (tertiary/aromatic N) is 4. The molecule has 0 fully saturated rings. The molecule has 1 aliphatic rings. The van der Waals surface area contributed by atoms with E-state index in [9.17, 15) is 13.2 Å². The molecular formula is C25H21F3N4. The van der Waals surface area contributed by atoms with Crippen LogP contribution in [0, 0.1) is 0 Å². The van der Waals surface area contributed by atoms with Crippen molar-refractivity contribution in [1.29, 1.82) is 0 Å². The van der Waals surface area contributed by atoms with Crippen molar-refractivity contribution in [1.82, 2.24) is 15.1 Å². The summed E-state index contributed by atoms with van der Waals surface area (Å²) in [6, 6.07) is 23.0. The first kappa shape index (κ1) is 20.5. The second-order valence-corrected chi connectivity index (χ2v) is 8.07. The molecule has 0 spiro atoms. The monoisotopic (exact) mass is 434 g/mol. The van der Waals surface area contributed by atoms with Crippen LogP contribution in [-0.4, -0.2) is 35.2 Å². The lowest BCUT2D eigenvalue weighted by atomic mass is 10.0. The Labute approximate surface area is 183 Å². The zero-order chi connectivity index (χ0) is 22.3. The molecule has 0 bridgehead atoms. The van der Waals surface area contributed by atoms with E-state index >= 15 is 0 Å². The molecule has 0 N–H and O–H groups in total. The summed E-state index contributed by atoms with van der Waals surface area (Å²) in [5.41, 5.74) is 3.48. The Morgan fingerprint density at radius 3 is 2.38 bits per heavy atom. The first-order valence-electron chi connectivity index (χ1n) is 10.4. The van der Waals surface area contributed by atoms with Crippen molar-refractivity contribution in [2.45, 2.75) is 12.7 Å². The fourth-order valence-corrected chi connectivity index (χ4v) is 4.15. The third kappa shape index (κ3) is 3.91. The first-order valence-corrected chi connectivity index (χ1v) is 10.4. The van der Waals surface area contributed by atoms with Gasteiger partial charge in [0.15, 0.2) is 5.69 Å². The van der Waals surface area contributed by atoms with Gasteiger partial charge in [0.2, 0.25) is 0 Å². The minimum absolute atomic E-state index is 0.421. The number of benzene rings is 3. The van der Waals surface area contributed by atoms with Crippen LogP contribution < -0.4 is 4.90 Å². The van der Waals surface area contributed by atoms with Crippen LogP contribution in [0.3, 0.4) is 0 Å². The molecule has 0 radical (unpaired) electrons. The van der Waals surface area contributed by atoms with Gasteiger partial charge >= 0.3 is 6.18 Å². The predicted octanol–water partition coefficient (Wildman–Crippen LogP) is 5.90. The van der Waals surface area contributed by atoms with Crippen LogP contribution >= 0.6 is 0 Å². The molecule has 0 atom stereocenters. The van der Waals surface area contributed by atoms with E-state index in [0.717, 1.165) is 48.2 Å². The Kier molecular flexibility index (Phi) is 5.06. The zero-order valence-corrected chi connectivity index (χ0v) is 17.5. The average Bonchev–Trinajstić information content (AvgIpc) is 2.96. The molecule has 7 heteroatoms. The molecule has 5 rings (SSSR count). The SMILES string of the molecule is CN1CCN(c2ccc3ccccc3c2)c2ccc(-c3ccc(C(F)(F)F)nn3)cc2C1. The maximum Gasteiger partial charge on any atom is 0.435 e. The quantitative estimate of drug-likeness (QED) is 0.393. The minimum atomic E-state index is -4.50. The average molecular weight is 434 g/mol. The minimum Gasteiger partial charge on any atom is -0.340 e. The second kappa shape index (κ2) is 7.91. The van der Waals surface area contributed by atoms with Gasteiger partial charge in [0.05, 0.1) is 5.69 Å². The van der Waals surface area contributed by atoms with Gasteiger partial charge in [-0.05, 0) is 59.8 Å². The van der Waals surface area contributed by atoms with Gasteiger partial charge in [0, 0.05) is 36.6 Å². The smallest absolute Gasteiger partial charge is 0.340 e. The Morgan fingerprint density at radius 1 is 0.812 bits per heavy atom. The fourth-order valence-electron chi connectivity index (χ4n) is 4.15. The van der Waals surface area contributed by atoms with E-state index in [-0.39, 0.29) is 0 Å². The van der Waals surface area contributed by atoms with Gasteiger partial charge in [0.1, 0.15) is 0 Å². The number of halogens is 3. The van der Waals surface area contributed by atoms with Crippen molar-refractivity contribution in [3.05, 3.63) is 84.1 Å². The van der Waals surface area contributed by atoms with Gasteiger partial charge in [0.25, 0.3) is 0 Å². The molecule has 1 aromatic heterocycles. The standard InChI is InChI=1S/C25H21F3N4/c1-31-12-13-32(21-8-6-17-4-2-3-5-18(17)15-21)23-10-7-19(14-20(23)16-31)22-9-11-24(30-29-22)25(26,27)28/h2-11,14-15H,12-13,16H2,1H3. The Balaban J connectivity index is 1.54. The van der Waals surface area contributed by atoms with Crippen LogP contribution in [0.4, 0.5) is 24.5 Å². The van der Waals surface area contributed by atoms with Crippen molar-refractivity contribution in [2.24, 2.45) is 0 Å². The van der Waals surface area contributed by atoms with Gasteiger partial charge in [-0.3, -0.25) is 0 Å². The third-order valence-electron chi connectivity index (χ3n) is 5.81. The topological polar surface area (TPSA) is 32.3 Å². The number of fused-ring (bicyclic) bond motifs is 2. The molecule has 32 heavy (non-hydrogen) atoms. The van der Waals surface area contributed by atoms with Crippen LogP contribution in [0.15, 0.2) is 72.8 Å². The van der Waals surface area contributed by atoms with E-state index in [1.54, 1.807) is 0 Å². The maximum atomic E-state index is 12.8. The number of rotatable bonds is 2. The third-order valence-corrected chi connectivity index (χ3v) is 5.81. The fraction of sp³-hybridized carbons (Fsp3) is 0.200. The lowest BCUT2D eigenvalue weighted by molar-refractivity contribution is -0.141. The van der Waals surface area contributed by atoms with Crippen molar-refractivity contribution in [3.8, 4) is 11.3 Å². The van der Waals surface area contributed by atoms with Crippen LogP contribution in [0.2, 0.25) is 0 Å². The van der Waals surface area contributed by atoms with Crippen molar-refractivity contribution in [2.75, 3.05) is 25.0 Å². The van der Waals surface area contributed by atoms with Crippen molar-refractivity contribution in [3.63, 3.8) is 0 Å². The van der Waals surface area contributed by atoms with Crippen molar-refractivity contribution >= 4 is 22.1 Å². The van der Waals surface area contributed by atoms with E-state index in [2.05, 4.69) is 57.4 Å². The normalized spacial score (nSPS) is 14.9. The zero-order valence-electron chi connectivity index (χ0n) is 17.5. The van der Waals surface area contributed by atoms with Crippen molar-refractivity contribution < 1.29 is 13.2 Å². The highest BCUT2D eigenvalue weighted by atomic mass is 19.4. The van der Waals surface area contributed by atoms with E-state index in [4.69, 9.17) is 0 Å². The van der Waals surface area contributed by atoms with E-state index in [1.807, 2.05) is 30.3 Å². The Hall–Kier alpha value is -3.45. The van der Waals surface area contributed by atoms with Gasteiger partial charge in [-0.2, -0.15) is 13.2 Å². The van der Waals surface area contributed by atoms with Crippen LogP contribution in [0.5, 0.6) is 0 Å². The van der Waals surface area contributed by atoms with Gasteiger partial charge in [-0.25, -0.2) is 0 Å². The van der Waals surface area contributed by atoms with Crippen LogP contribution in [0.1, 0.15) is 11.3 Å². The molecule has 0 unspecified atom stereocenters. The Morgan fingerprint density at radius 2 is 1.62 bits per heavy atom. The molecule has 2 heterocycles. The number of alkyl halides is 3. The summed E-state index contributed by atoms with van der Waals surface area (Å²) in [6.45, 7) is 2.46. The number of likely N-dealkylation sites (N-methyl/N-ethyl adjacent to an activating group) is 1. The summed E-state index contributed by atoms with van der Waals surface area (Å²) in [5, 5.41) is 9.56. The van der Waals surface area contributed by atoms with E-state index in [0.29, 0.717) is 5.69 Å². The largest absolute Gasteiger partial charge is 0.435 e. The lowest BCUT2D eigenvalue weighted by Crippen LogP contribution is -2.26. The highest BCUT2D eigenvalue weighted by Gasteiger charge is 2.33. The van der Waals surface area contributed by atoms with E-state index < -0.39 is 11.9 Å². The number of anilines is 2. The first-order chi connectivity index (χ1) is 15.4. The summed E-state index contributed by atoms with van der Waals surface area (Å²) in [4.78, 5) is 4.54. The predicted molar refractivity (Wildman–Crippen MR) is 120 cm³/mol. The summed E-state index contributed by atoms with van der Waals surface area (Å²) < 4.78 is 38.5. The van der Waals surface area contributed by atoms with Crippen LogP contribution in [-0.2, 0) is 12.7 Å². The number of hydrogen-bond acceptors (Lipinski definition) is 4. The number of hydrogen-bond donors (Lipinski definition) is 0. The van der Waals surface area contributed by atoms with Gasteiger partial charge < -0.3 is 9.80 Å². The summed E-state index contributed by atoms with van der Waals surface area (Å²) in [5.74, 6) is 0. The Bertz CT molecular complexity index is 1270. The highest BCUT2D eigenvalue weighted by molar-refractivity contribution is 5.87. The lowest BCUT2D eigenvalue weighted by Gasteiger charge is -2.25. The molecule has 4 aromatic rings. The maximum absolute atomic E-state index is 12.8. The molecule has 3 aromatic carbocycles. The summed E-state index contributed by atoms with van der Waals surface area (Å²) in [6.07, 6.45) is -4.50. The second-order valence-electron chi connectivity index (χ2n) is 8.07. The molecular weight excluding hydrogens is 413 g/mol. The molecule has 1 aliphatic heterocycles. The van der Waals surface area contributed by atoms with Gasteiger partial charge in [-0.15, -0.1) is 10.2 Å². The van der Waals surface area contributed by atoms with Crippen LogP contribution in [0.25, 0.3) is 22.0 Å². The van der Waals surface area contributed by atoms with Gasteiger partial charge in [-0.1, -0.05) is 36.4 Å². The summed E-state index contributed by atoms with van der Waals surface area (Å²) in [7, 11) is 2.07. The molecule has 4 nitrogen and oxygen atoms in total. The molecule has 0 aliphatic carbocycles. The molecule has 0 saturated heterocycles. The number of aromatic nitrogens is 2. The summed E-state index contributed by atoms with van der Waals surface area (Å²) >= 11 is 0. The molecule has 0 saturated carbocycles. The molecule has 0 amide bonds.